The average Bonchev–Trinajstić information content (AvgIpc) is 2.62. The fourth-order valence-electron chi connectivity index (χ4n) is 1.92. The molecule has 18 heavy (non-hydrogen) atoms. The van der Waals surface area contributed by atoms with E-state index in [2.05, 4.69) is 10.5 Å². The molecule has 0 saturated heterocycles. The van der Waals surface area contributed by atoms with Crippen molar-refractivity contribution in [1.82, 2.24) is 9.78 Å². The zero-order valence-corrected chi connectivity index (χ0v) is 10.9. The van der Waals surface area contributed by atoms with Crippen LogP contribution in [0, 0.1) is 13.8 Å². The summed E-state index contributed by atoms with van der Waals surface area (Å²) in [5, 5.41) is 4.31. The molecule has 5 heteroatoms. The Hall–Kier alpha value is -2.01. The van der Waals surface area contributed by atoms with Crippen LogP contribution in [0.3, 0.4) is 0 Å². The first-order valence-electron chi connectivity index (χ1n) is 5.81. The van der Waals surface area contributed by atoms with E-state index in [1.807, 2.05) is 45.2 Å². The Kier molecular flexibility index (Phi) is 3.53. The van der Waals surface area contributed by atoms with Gasteiger partial charge in [0.1, 0.15) is 18.2 Å². The first-order chi connectivity index (χ1) is 8.63. The summed E-state index contributed by atoms with van der Waals surface area (Å²) in [7, 11) is 1.85. The Labute approximate surface area is 107 Å². The number of nitrogens with two attached hydrogens (primary N) is 1. The monoisotopic (exact) mass is 246 g/mol. The summed E-state index contributed by atoms with van der Waals surface area (Å²) in [6, 6.07) is 7.93. The molecular formula is C13H18N4O. The molecule has 0 unspecified atom stereocenters. The van der Waals surface area contributed by atoms with Gasteiger partial charge >= 0.3 is 0 Å². The number of hydrogen-bond donors (Lipinski definition) is 2. The predicted molar refractivity (Wildman–Crippen MR) is 71.3 cm³/mol. The minimum absolute atomic E-state index is 0.448. The Morgan fingerprint density at radius 1 is 1.33 bits per heavy atom. The Morgan fingerprint density at radius 2 is 2.06 bits per heavy atom. The summed E-state index contributed by atoms with van der Waals surface area (Å²) < 4.78 is 7.52. The Bertz CT molecular complexity index is 548. The van der Waals surface area contributed by atoms with E-state index in [0.717, 1.165) is 28.4 Å². The van der Waals surface area contributed by atoms with Gasteiger partial charge in [0.05, 0.1) is 11.3 Å². The number of nitrogens with one attached hydrogen (secondary N) is 1. The van der Waals surface area contributed by atoms with Crippen LogP contribution in [0.15, 0.2) is 24.3 Å². The van der Waals surface area contributed by atoms with Crippen molar-refractivity contribution in [3.05, 3.63) is 41.1 Å². The molecule has 0 saturated carbocycles. The van der Waals surface area contributed by atoms with Crippen LogP contribution in [0.1, 0.15) is 16.8 Å². The van der Waals surface area contributed by atoms with Crippen molar-refractivity contribution in [3.8, 4) is 5.75 Å². The van der Waals surface area contributed by atoms with E-state index in [9.17, 15) is 0 Å². The van der Waals surface area contributed by atoms with E-state index in [1.165, 1.54) is 0 Å². The molecule has 0 atom stereocenters. The van der Waals surface area contributed by atoms with Gasteiger partial charge in [-0.2, -0.15) is 5.10 Å². The molecule has 0 aliphatic heterocycles. The molecule has 3 N–H and O–H groups in total. The summed E-state index contributed by atoms with van der Waals surface area (Å²) in [6.07, 6.45) is 0. The number of aromatic nitrogens is 2. The number of nitrogen functional groups attached to an aromatic ring is 1. The number of hydrogen-bond acceptors (Lipinski definition) is 4. The number of rotatable bonds is 4. The van der Waals surface area contributed by atoms with Crippen molar-refractivity contribution in [2.24, 2.45) is 12.9 Å². The second-order valence-corrected chi connectivity index (χ2v) is 4.23. The predicted octanol–water partition coefficient (Wildman–Crippen LogP) is 1.90. The molecule has 0 amide bonds. The molecule has 0 spiro atoms. The summed E-state index contributed by atoms with van der Waals surface area (Å²) >= 11 is 0. The Balaban J connectivity index is 2.18. The van der Waals surface area contributed by atoms with Crippen molar-refractivity contribution in [1.29, 1.82) is 0 Å². The van der Waals surface area contributed by atoms with Crippen molar-refractivity contribution >= 4 is 5.82 Å². The van der Waals surface area contributed by atoms with E-state index in [4.69, 9.17) is 10.6 Å². The average molecular weight is 246 g/mol. The molecule has 0 aliphatic rings. The van der Waals surface area contributed by atoms with Crippen molar-refractivity contribution in [2.75, 3.05) is 5.43 Å². The quantitative estimate of drug-likeness (QED) is 0.639. The molecule has 1 aromatic carbocycles. The maximum Gasteiger partial charge on any atom is 0.145 e. The molecular weight excluding hydrogens is 228 g/mol. The molecule has 0 fully saturated rings. The van der Waals surface area contributed by atoms with Gasteiger partial charge in [0.25, 0.3) is 0 Å². The first kappa shape index (κ1) is 12.4. The second kappa shape index (κ2) is 5.10. The smallest absolute Gasteiger partial charge is 0.145 e. The van der Waals surface area contributed by atoms with Gasteiger partial charge in [-0.3, -0.25) is 4.68 Å². The number of para-hydroxylation sites is 1. The maximum atomic E-state index is 5.81. The molecule has 2 rings (SSSR count). The van der Waals surface area contributed by atoms with Crippen molar-refractivity contribution < 1.29 is 4.74 Å². The SMILES string of the molecule is Cc1ccccc1OCc1c(C)nn(C)c1NN. The van der Waals surface area contributed by atoms with Gasteiger partial charge in [0.2, 0.25) is 0 Å². The van der Waals surface area contributed by atoms with E-state index < -0.39 is 0 Å². The zero-order valence-electron chi connectivity index (χ0n) is 10.9. The van der Waals surface area contributed by atoms with Crippen LogP contribution < -0.4 is 16.0 Å². The third kappa shape index (κ3) is 2.31. The Morgan fingerprint density at radius 3 is 2.72 bits per heavy atom. The van der Waals surface area contributed by atoms with E-state index in [-0.39, 0.29) is 0 Å². The molecule has 0 bridgehead atoms. The minimum Gasteiger partial charge on any atom is -0.488 e. The summed E-state index contributed by atoms with van der Waals surface area (Å²) in [4.78, 5) is 0. The summed E-state index contributed by atoms with van der Waals surface area (Å²) in [6.45, 7) is 4.41. The van der Waals surface area contributed by atoms with Crippen LogP contribution in [-0.2, 0) is 13.7 Å². The van der Waals surface area contributed by atoms with Gasteiger partial charge in [0.15, 0.2) is 0 Å². The first-order valence-corrected chi connectivity index (χ1v) is 5.81. The van der Waals surface area contributed by atoms with Gasteiger partial charge in [0, 0.05) is 7.05 Å². The third-order valence-corrected chi connectivity index (χ3v) is 2.95. The van der Waals surface area contributed by atoms with Crippen LogP contribution in [0.25, 0.3) is 0 Å². The highest BCUT2D eigenvalue weighted by molar-refractivity contribution is 5.46. The fraction of sp³-hybridized carbons (Fsp3) is 0.308. The van der Waals surface area contributed by atoms with Crippen LogP contribution in [0.4, 0.5) is 5.82 Å². The highest BCUT2D eigenvalue weighted by Gasteiger charge is 2.13. The maximum absolute atomic E-state index is 5.81. The van der Waals surface area contributed by atoms with Crippen LogP contribution >= 0.6 is 0 Å². The van der Waals surface area contributed by atoms with Gasteiger partial charge in [-0.15, -0.1) is 0 Å². The third-order valence-electron chi connectivity index (χ3n) is 2.95. The number of anilines is 1. The molecule has 1 heterocycles. The van der Waals surface area contributed by atoms with E-state index >= 15 is 0 Å². The molecule has 0 aliphatic carbocycles. The molecule has 2 aromatic rings. The lowest BCUT2D eigenvalue weighted by molar-refractivity contribution is 0.304. The number of aryl methyl sites for hydroxylation is 3. The number of ether oxygens (including phenoxy) is 1. The van der Waals surface area contributed by atoms with Gasteiger partial charge in [-0.05, 0) is 25.5 Å². The zero-order chi connectivity index (χ0) is 13.1. The van der Waals surface area contributed by atoms with Crippen LogP contribution in [0.5, 0.6) is 5.75 Å². The van der Waals surface area contributed by atoms with Crippen LogP contribution in [-0.4, -0.2) is 9.78 Å². The lowest BCUT2D eigenvalue weighted by atomic mass is 10.2. The molecule has 0 radical (unpaired) electrons. The number of benzene rings is 1. The van der Waals surface area contributed by atoms with Crippen molar-refractivity contribution in [2.45, 2.75) is 20.5 Å². The molecule has 5 nitrogen and oxygen atoms in total. The topological polar surface area (TPSA) is 65.1 Å². The number of hydrazine groups is 1. The van der Waals surface area contributed by atoms with Crippen molar-refractivity contribution in [3.63, 3.8) is 0 Å². The molecule has 1 aromatic heterocycles. The fourth-order valence-corrected chi connectivity index (χ4v) is 1.92. The van der Waals surface area contributed by atoms with E-state index in [0.29, 0.717) is 6.61 Å². The lowest BCUT2D eigenvalue weighted by Crippen LogP contribution is -2.13. The normalized spacial score (nSPS) is 10.4. The highest BCUT2D eigenvalue weighted by Crippen LogP contribution is 2.22. The largest absolute Gasteiger partial charge is 0.488 e. The standard InChI is InChI=1S/C13H18N4O/c1-9-6-4-5-7-12(9)18-8-11-10(2)16-17(3)13(11)15-14/h4-7,15H,8,14H2,1-3H3. The van der Waals surface area contributed by atoms with E-state index in [1.54, 1.807) is 4.68 Å². The number of nitrogens with zero attached hydrogens (tertiary/aromatic N) is 2. The lowest BCUT2D eigenvalue weighted by Gasteiger charge is -2.10. The second-order valence-electron chi connectivity index (χ2n) is 4.23. The van der Waals surface area contributed by atoms with Gasteiger partial charge in [-0.1, -0.05) is 18.2 Å². The molecule has 96 valence electrons. The van der Waals surface area contributed by atoms with Crippen LogP contribution in [0.2, 0.25) is 0 Å². The highest BCUT2D eigenvalue weighted by atomic mass is 16.5. The summed E-state index contributed by atoms with van der Waals surface area (Å²) in [5.41, 5.74) is 5.66. The summed E-state index contributed by atoms with van der Waals surface area (Å²) in [5.74, 6) is 7.15. The minimum atomic E-state index is 0.448. The van der Waals surface area contributed by atoms with Gasteiger partial charge in [-0.25, -0.2) is 5.84 Å². The van der Waals surface area contributed by atoms with Gasteiger partial charge < -0.3 is 10.2 Å².